The van der Waals surface area contributed by atoms with E-state index >= 15 is 0 Å². The molecule has 1 rings (SSSR count). The minimum atomic E-state index is -4.75. The Morgan fingerprint density at radius 2 is 1.96 bits per heavy atom. The van der Waals surface area contributed by atoms with Crippen LogP contribution in [0.4, 0.5) is 18.9 Å². The number of alkyl halides is 3. The first-order valence-corrected chi connectivity index (χ1v) is 5.93. The molecule has 0 saturated heterocycles. The average Bonchev–Trinajstić information content (AvgIpc) is 2.43. The molecular formula is C13H14F3IN4O2. The smallest absolute Gasteiger partial charge is 0.406 e. The van der Waals surface area contributed by atoms with Gasteiger partial charge in [0.15, 0.2) is 5.96 Å². The van der Waals surface area contributed by atoms with Crippen LogP contribution >= 0.6 is 24.0 Å². The highest BCUT2D eigenvalue weighted by Gasteiger charge is 2.30. The highest BCUT2D eigenvalue weighted by molar-refractivity contribution is 14.0. The molecule has 4 N–H and O–H groups in total. The SMILES string of the molecule is C#CCNC(=O)CN=C(N)Nc1ccc(OC(F)(F)F)cc1.I. The number of ether oxygens (including phenoxy) is 1. The van der Waals surface area contributed by atoms with Crippen molar-refractivity contribution in [3.63, 3.8) is 0 Å². The Morgan fingerprint density at radius 3 is 2.48 bits per heavy atom. The number of carbonyl (C=O) groups is 1. The third kappa shape index (κ3) is 9.46. The molecule has 23 heavy (non-hydrogen) atoms. The zero-order chi connectivity index (χ0) is 16.6. The van der Waals surface area contributed by atoms with Gasteiger partial charge in [0.05, 0.1) is 6.54 Å². The van der Waals surface area contributed by atoms with Gasteiger partial charge in [-0.1, -0.05) is 5.92 Å². The molecule has 0 atom stereocenters. The summed E-state index contributed by atoms with van der Waals surface area (Å²) in [6, 6.07) is 4.87. The van der Waals surface area contributed by atoms with Gasteiger partial charge < -0.3 is 21.1 Å². The summed E-state index contributed by atoms with van der Waals surface area (Å²) in [7, 11) is 0. The number of nitrogens with one attached hydrogen (secondary N) is 2. The molecule has 0 fully saturated rings. The molecule has 1 aromatic carbocycles. The fourth-order valence-electron chi connectivity index (χ4n) is 1.29. The number of terminal acetylenes is 1. The molecule has 0 aliphatic carbocycles. The van der Waals surface area contributed by atoms with Gasteiger partial charge in [0.1, 0.15) is 12.3 Å². The van der Waals surface area contributed by atoms with Gasteiger partial charge in [-0.05, 0) is 24.3 Å². The number of amides is 1. The van der Waals surface area contributed by atoms with Crippen LogP contribution < -0.4 is 21.1 Å². The number of benzene rings is 1. The average molecular weight is 442 g/mol. The maximum absolute atomic E-state index is 12.0. The number of anilines is 1. The maximum atomic E-state index is 12.0. The lowest BCUT2D eigenvalue weighted by molar-refractivity contribution is -0.274. The molecule has 1 amide bonds. The van der Waals surface area contributed by atoms with Crippen molar-refractivity contribution in [2.24, 2.45) is 10.7 Å². The van der Waals surface area contributed by atoms with E-state index in [9.17, 15) is 18.0 Å². The van der Waals surface area contributed by atoms with Crippen molar-refractivity contribution >= 4 is 41.5 Å². The fourth-order valence-corrected chi connectivity index (χ4v) is 1.29. The summed E-state index contributed by atoms with van der Waals surface area (Å²) in [5, 5.41) is 5.01. The lowest BCUT2D eigenvalue weighted by Gasteiger charge is -2.10. The summed E-state index contributed by atoms with van der Waals surface area (Å²) in [5.74, 6) is 1.39. The minimum absolute atomic E-state index is 0. The zero-order valence-electron chi connectivity index (χ0n) is 11.7. The molecular weight excluding hydrogens is 428 g/mol. The van der Waals surface area contributed by atoms with Crippen LogP contribution in [0.5, 0.6) is 5.75 Å². The number of nitrogens with two attached hydrogens (primary N) is 1. The van der Waals surface area contributed by atoms with Crippen LogP contribution in [0.25, 0.3) is 0 Å². The van der Waals surface area contributed by atoms with Crippen LogP contribution in [-0.2, 0) is 4.79 Å². The summed E-state index contributed by atoms with van der Waals surface area (Å²) in [6.07, 6.45) is 0.218. The van der Waals surface area contributed by atoms with E-state index in [1.165, 1.54) is 12.1 Å². The molecule has 1 aromatic rings. The van der Waals surface area contributed by atoms with Gasteiger partial charge in [-0.2, -0.15) is 0 Å². The first-order valence-electron chi connectivity index (χ1n) is 5.93. The second kappa shape index (κ2) is 9.78. The predicted molar refractivity (Wildman–Crippen MR) is 90.5 cm³/mol. The fraction of sp³-hybridized carbons (Fsp3) is 0.231. The number of hydrogen-bond acceptors (Lipinski definition) is 3. The van der Waals surface area contributed by atoms with E-state index in [0.29, 0.717) is 5.69 Å². The van der Waals surface area contributed by atoms with E-state index in [0.717, 1.165) is 12.1 Å². The van der Waals surface area contributed by atoms with Gasteiger partial charge in [0, 0.05) is 5.69 Å². The topological polar surface area (TPSA) is 88.7 Å². The number of hydrogen-bond donors (Lipinski definition) is 3. The number of nitrogens with zero attached hydrogens (tertiary/aromatic N) is 1. The molecule has 10 heteroatoms. The lowest BCUT2D eigenvalue weighted by atomic mass is 10.3. The summed E-state index contributed by atoms with van der Waals surface area (Å²) in [4.78, 5) is 15.0. The number of aliphatic imine (C=N–C) groups is 1. The molecule has 0 bridgehead atoms. The van der Waals surface area contributed by atoms with Gasteiger partial charge in [-0.25, -0.2) is 4.99 Å². The zero-order valence-corrected chi connectivity index (χ0v) is 14.0. The van der Waals surface area contributed by atoms with Crippen molar-refractivity contribution in [1.82, 2.24) is 5.32 Å². The van der Waals surface area contributed by atoms with Gasteiger partial charge in [0.2, 0.25) is 5.91 Å². The molecule has 0 radical (unpaired) electrons. The van der Waals surface area contributed by atoms with Crippen LogP contribution in [0.15, 0.2) is 29.3 Å². The Labute approximate surface area is 147 Å². The van der Waals surface area contributed by atoms with E-state index in [1.807, 2.05) is 0 Å². The van der Waals surface area contributed by atoms with E-state index in [-0.39, 0.29) is 48.8 Å². The number of guanidine groups is 1. The van der Waals surface area contributed by atoms with Crippen molar-refractivity contribution in [2.45, 2.75) is 6.36 Å². The minimum Gasteiger partial charge on any atom is -0.406 e. The Morgan fingerprint density at radius 1 is 1.35 bits per heavy atom. The summed E-state index contributed by atoms with van der Waals surface area (Å²) in [5.41, 5.74) is 5.92. The Balaban J connectivity index is 0.00000484. The van der Waals surface area contributed by atoms with Crippen LogP contribution in [0.1, 0.15) is 0 Å². The highest BCUT2D eigenvalue weighted by atomic mass is 127. The third-order valence-corrected chi connectivity index (χ3v) is 2.14. The third-order valence-electron chi connectivity index (χ3n) is 2.14. The largest absolute Gasteiger partial charge is 0.573 e. The molecule has 6 nitrogen and oxygen atoms in total. The molecule has 0 saturated carbocycles. The van der Waals surface area contributed by atoms with Crippen LogP contribution in [0.3, 0.4) is 0 Å². The number of carbonyl (C=O) groups excluding carboxylic acids is 1. The van der Waals surface area contributed by atoms with E-state index in [4.69, 9.17) is 12.2 Å². The molecule has 0 aliphatic rings. The van der Waals surface area contributed by atoms with Crippen LogP contribution in [0.2, 0.25) is 0 Å². The second-order valence-corrected chi connectivity index (χ2v) is 3.88. The maximum Gasteiger partial charge on any atom is 0.573 e. The van der Waals surface area contributed by atoms with Crippen molar-refractivity contribution in [2.75, 3.05) is 18.4 Å². The van der Waals surface area contributed by atoms with Gasteiger partial charge in [0.25, 0.3) is 0 Å². The first-order chi connectivity index (χ1) is 10.3. The Bertz CT molecular complexity index is 582. The highest BCUT2D eigenvalue weighted by Crippen LogP contribution is 2.23. The van der Waals surface area contributed by atoms with Gasteiger partial charge >= 0.3 is 6.36 Å². The van der Waals surface area contributed by atoms with Crippen molar-refractivity contribution in [1.29, 1.82) is 0 Å². The predicted octanol–water partition coefficient (Wildman–Crippen LogP) is 1.68. The second-order valence-electron chi connectivity index (χ2n) is 3.88. The standard InChI is InChI=1S/C13H13F3N4O2.HI/c1-2-7-18-11(21)8-19-12(17)20-9-3-5-10(6-4-9)22-13(14,15)16;/h1,3-6H,7-8H2,(H,18,21)(H3,17,19,20);1H. The van der Waals surface area contributed by atoms with Crippen molar-refractivity contribution in [3.8, 4) is 18.1 Å². The van der Waals surface area contributed by atoms with E-state index in [1.54, 1.807) is 0 Å². The Kier molecular flexibility index (Phi) is 8.86. The Hall–Kier alpha value is -2.16. The molecule has 126 valence electrons. The first kappa shape index (κ1) is 20.8. The summed E-state index contributed by atoms with van der Waals surface area (Å²) < 4.78 is 39.7. The molecule has 0 unspecified atom stereocenters. The monoisotopic (exact) mass is 442 g/mol. The van der Waals surface area contributed by atoms with Crippen LogP contribution in [0, 0.1) is 12.3 Å². The van der Waals surface area contributed by atoms with Crippen LogP contribution in [-0.4, -0.2) is 31.3 Å². The number of halogens is 4. The number of rotatable bonds is 5. The summed E-state index contributed by atoms with van der Waals surface area (Å²) >= 11 is 0. The van der Waals surface area contributed by atoms with Crippen molar-refractivity contribution < 1.29 is 22.7 Å². The van der Waals surface area contributed by atoms with Gasteiger partial charge in [-0.15, -0.1) is 43.6 Å². The normalized spacial score (nSPS) is 11.0. The van der Waals surface area contributed by atoms with E-state index in [2.05, 4.69) is 26.3 Å². The summed E-state index contributed by atoms with van der Waals surface area (Å²) in [6.45, 7) is -0.141. The molecule has 0 aromatic heterocycles. The van der Waals surface area contributed by atoms with Gasteiger partial charge in [-0.3, -0.25) is 4.79 Å². The lowest BCUT2D eigenvalue weighted by Crippen LogP contribution is -2.29. The molecule has 0 spiro atoms. The molecule has 0 aliphatic heterocycles. The quantitative estimate of drug-likeness (QED) is 0.280. The molecule has 0 heterocycles. The van der Waals surface area contributed by atoms with Crippen molar-refractivity contribution in [3.05, 3.63) is 24.3 Å². The van der Waals surface area contributed by atoms with E-state index < -0.39 is 12.3 Å².